The zero-order valence-corrected chi connectivity index (χ0v) is 11.3. The topological polar surface area (TPSA) is 86.7 Å². The molecule has 3 amide bonds. The van der Waals surface area contributed by atoms with E-state index >= 15 is 0 Å². The van der Waals surface area contributed by atoms with Crippen molar-refractivity contribution in [1.82, 2.24) is 10.2 Å². The molecule has 1 saturated heterocycles. The normalized spacial score (nSPS) is 13.2. The van der Waals surface area contributed by atoms with E-state index in [4.69, 9.17) is 5.11 Å². The fraction of sp³-hybridized carbons (Fsp3) is 0.357. The maximum atomic E-state index is 10.7. The first-order valence-corrected chi connectivity index (χ1v) is 6.37. The summed E-state index contributed by atoms with van der Waals surface area (Å²) < 4.78 is 0. The number of hydrogen-bond donors (Lipinski definition) is 2. The van der Waals surface area contributed by atoms with Crippen molar-refractivity contribution >= 4 is 17.9 Å². The number of carbonyl (C=O) groups excluding carboxylic acids is 2. The van der Waals surface area contributed by atoms with Gasteiger partial charge in [-0.25, -0.2) is 4.79 Å². The van der Waals surface area contributed by atoms with Crippen molar-refractivity contribution in [2.24, 2.45) is 0 Å². The van der Waals surface area contributed by atoms with Gasteiger partial charge in [0.2, 0.25) is 11.8 Å². The number of rotatable bonds is 3. The molecule has 1 aromatic carbocycles. The van der Waals surface area contributed by atoms with Gasteiger partial charge in [-0.3, -0.25) is 14.9 Å². The lowest BCUT2D eigenvalue weighted by molar-refractivity contribution is -0.124. The van der Waals surface area contributed by atoms with Crippen molar-refractivity contribution < 1.29 is 19.5 Å². The summed E-state index contributed by atoms with van der Waals surface area (Å²) in [6, 6.07) is 9.58. The van der Waals surface area contributed by atoms with Crippen LogP contribution in [0.15, 0.2) is 30.3 Å². The Morgan fingerprint density at radius 1 is 1.20 bits per heavy atom. The molecule has 0 atom stereocenters. The van der Waals surface area contributed by atoms with Crippen molar-refractivity contribution in [3.8, 4) is 0 Å². The lowest BCUT2D eigenvalue weighted by Gasteiger charge is -2.16. The minimum absolute atomic E-state index is 0.148. The van der Waals surface area contributed by atoms with Crippen LogP contribution in [0, 0.1) is 0 Å². The first-order valence-electron chi connectivity index (χ1n) is 6.37. The summed E-state index contributed by atoms with van der Waals surface area (Å²) in [6.07, 6.45) is -0.121. The molecule has 0 unspecified atom stereocenters. The average molecular weight is 278 g/mol. The largest absolute Gasteiger partial charge is 0.465 e. The summed E-state index contributed by atoms with van der Waals surface area (Å²) in [7, 11) is 0. The Labute approximate surface area is 117 Å². The van der Waals surface area contributed by atoms with Gasteiger partial charge >= 0.3 is 6.09 Å². The summed E-state index contributed by atoms with van der Waals surface area (Å²) in [5.41, 5.74) is 1.02. The smallest absolute Gasteiger partial charge is 0.407 e. The van der Waals surface area contributed by atoms with Gasteiger partial charge in [0.05, 0.1) is 0 Å². The van der Waals surface area contributed by atoms with E-state index in [1.807, 2.05) is 37.3 Å². The molecule has 1 fully saturated rings. The zero-order valence-electron chi connectivity index (χ0n) is 11.3. The van der Waals surface area contributed by atoms with Gasteiger partial charge in [0.1, 0.15) is 0 Å². The zero-order chi connectivity index (χ0) is 15.0. The quantitative estimate of drug-likeness (QED) is 0.822. The Morgan fingerprint density at radius 3 is 2.10 bits per heavy atom. The first kappa shape index (κ1) is 15.7. The highest BCUT2D eigenvalue weighted by atomic mass is 16.4. The molecule has 0 aliphatic carbocycles. The number of nitrogens with one attached hydrogen (secondary N) is 1. The van der Waals surface area contributed by atoms with E-state index in [0.29, 0.717) is 25.9 Å². The number of nitrogens with zero attached hydrogens (tertiary/aromatic N) is 1. The number of carboxylic acid groups (broad SMARTS) is 1. The molecule has 0 bridgehead atoms. The van der Waals surface area contributed by atoms with Crippen molar-refractivity contribution in [1.29, 1.82) is 0 Å². The van der Waals surface area contributed by atoms with Crippen LogP contribution < -0.4 is 5.32 Å². The molecule has 0 saturated carbocycles. The third kappa shape index (κ3) is 5.51. The van der Waals surface area contributed by atoms with Gasteiger partial charge in [-0.1, -0.05) is 30.3 Å². The van der Waals surface area contributed by atoms with Gasteiger partial charge in [0.25, 0.3) is 0 Å². The predicted molar refractivity (Wildman–Crippen MR) is 72.9 cm³/mol. The van der Waals surface area contributed by atoms with Crippen LogP contribution in [0.1, 0.15) is 25.3 Å². The van der Waals surface area contributed by atoms with Gasteiger partial charge in [-0.05, 0) is 12.5 Å². The number of carbonyl (C=O) groups is 3. The molecule has 1 aliphatic heterocycles. The van der Waals surface area contributed by atoms with Crippen LogP contribution >= 0.6 is 0 Å². The molecule has 20 heavy (non-hydrogen) atoms. The Kier molecular flexibility index (Phi) is 6.22. The molecule has 6 heteroatoms. The van der Waals surface area contributed by atoms with Crippen LogP contribution in [0.5, 0.6) is 0 Å². The van der Waals surface area contributed by atoms with Crippen molar-refractivity contribution in [3.05, 3.63) is 35.9 Å². The molecule has 2 N–H and O–H groups in total. The standard InChI is InChI=1S/C10H13NO2.C4H5NO2/c1-2-11(10(12)13)8-9-6-4-3-5-7-9;6-3-1-2-4(7)5-3/h3-7H,2,8H2,1H3,(H,12,13);1-2H2,(H,5,6,7). The minimum Gasteiger partial charge on any atom is -0.465 e. The van der Waals surface area contributed by atoms with Crippen LogP contribution in [0.4, 0.5) is 4.79 Å². The van der Waals surface area contributed by atoms with Crippen LogP contribution in [-0.2, 0) is 16.1 Å². The lowest BCUT2D eigenvalue weighted by atomic mass is 10.2. The van der Waals surface area contributed by atoms with Crippen LogP contribution in [0.2, 0.25) is 0 Å². The van der Waals surface area contributed by atoms with Gasteiger partial charge in [-0.2, -0.15) is 0 Å². The molecular weight excluding hydrogens is 260 g/mol. The summed E-state index contributed by atoms with van der Waals surface area (Å²) >= 11 is 0. The van der Waals surface area contributed by atoms with Gasteiger partial charge in [0.15, 0.2) is 0 Å². The highest BCUT2D eigenvalue weighted by Crippen LogP contribution is 2.03. The summed E-state index contributed by atoms with van der Waals surface area (Å²) in [6.45, 7) is 2.81. The Bertz CT molecular complexity index is 459. The van der Waals surface area contributed by atoms with Crippen LogP contribution in [-0.4, -0.2) is 34.5 Å². The van der Waals surface area contributed by atoms with Gasteiger partial charge < -0.3 is 10.0 Å². The molecule has 6 nitrogen and oxygen atoms in total. The highest BCUT2D eigenvalue weighted by molar-refractivity contribution is 6.01. The fourth-order valence-electron chi connectivity index (χ4n) is 1.63. The molecule has 1 heterocycles. The molecule has 0 radical (unpaired) electrons. The van der Waals surface area contributed by atoms with E-state index in [-0.39, 0.29) is 11.8 Å². The second-order valence-electron chi connectivity index (χ2n) is 4.25. The number of benzene rings is 1. The fourth-order valence-corrected chi connectivity index (χ4v) is 1.63. The second-order valence-corrected chi connectivity index (χ2v) is 4.25. The predicted octanol–water partition coefficient (Wildman–Crippen LogP) is 1.61. The number of imide groups is 1. The summed E-state index contributed by atoms with van der Waals surface area (Å²) in [5.74, 6) is -0.296. The van der Waals surface area contributed by atoms with E-state index in [1.165, 1.54) is 4.90 Å². The molecule has 0 spiro atoms. The molecule has 2 rings (SSSR count). The van der Waals surface area contributed by atoms with Crippen molar-refractivity contribution in [2.45, 2.75) is 26.3 Å². The molecule has 1 aliphatic rings. The van der Waals surface area contributed by atoms with Crippen LogP contribution in [0.25, 0.3) is 0 Å². The molecule has 108 valence electrons. The van der Waals surface area contributed by atoms with Gasteiger partial charge in [0, 0.05) is 25.9 Å². The third-order valence-corrected chi connectivity index (χ3v) is 2.73. The second kappa shape index (κ2) is 7.93. The third-order valence-electron chi connectivity index (χ3n) is 2.73. The van der Waals surface area contributed by atoms with Crippen LogP contribution in [0.3, 0.4) is 0 Å². The average Bonchev–Trinajstić information content (AvgIpc) is 2.81. The first-order chi connectivity index (χ1) is 9.52. The van der Waals surface area contributed by atoms with Crippen molar-refractivity contribution in [2.75, 3.05) is 6.54 Å². The maximum Gasteiger partial charge on any atom is 0.407 e. The maximum absolute atomic E-state index is 10.7. The van der Waals surface area contributed by atoms with E-state index in [9.17, 15) is 14.4 Å². The SMILES string of the molecule is CCN(Cc1ccccc1)C(=O)O.O=C1CCC(=O)N1. The monoisotopic (exact) mass is 278 g/mol. The number of amides is 3. The number of hydrogen-bond acceptors (Lipinski definition) is 3. The Balaban J connectivity index is 0.000000240. The summed E-state index contributed by atoms with van der Waals surface area (Å²) in [5, 5.41) is 10.9. The minimum atomic E-state index is -0.869. The van der Waals surface area contributed by atoms with E-state index in [1.54, 1.807) is 0 Å². The lowest BCUT2D eigenvalue weighted by Crippen LogP contribution is -2.28. The van der Waals surface area contributed by atoms with E-state index in [2.05, 4.69) is 5.32 Å². The molecule has 0 aromatic heterocycles. The van der Waals surface area contributed by atoms with E-state index < -0.39 is 6.09 Å². The summed E-state index contributed by atoms with van der Waals surface area (Å²) in [4.78, 5) is 32.3. The van der Waals surface area contributed by atoms with E-state index in [0.717, 1.165) is 5.56 Å². The molecular formula is C14H18N2O4. The molecule has 1 aromatic rings. The van der Waals surface area contributed by atoms with Crippen molar-refractivity contribution in [3.63, 3.8) is 0 Å². The Morgan fingerprint density at radius 2 is 1.75 bits per heavy atom. The Hall–Kier alpha value is -2.37. The highest BCUT2D eigenvalue weighted by Gasteiger charge is 2.15. The van der Waals surface area contributed by atoms with Gasteiger partial charge in [-0.15, -0.1) is 0 Å².